The van der Waals surface area contributed by atoms with Gasteiger partial charge in [-0.2, -0.15) is 0 Å². The standard InChI is InChI=1S/C31H46N2O8/c1-10-12-18(22-20(34)14-30(4,5)24(26(22)36)28(38)40-8)32-16-17(3)33-19(13-11-2)23-21(35)15-31(6,7)25(27(23)37)29(39)41-9/h17,32-33,36-37H,10-16H2,1-9H3/b22-18-,23-19-. The summed E-state index contributed by atoms with van der Waals surface area (Å²) in [7, 11) is 2.47. The van der Waals surface area contributed by atoms with Crippen LogP contribution in [-0.2, 0) is 28.7 Å². The molecule has 41 heavy (non-hydrogen) atoms. The number of nitrogens with one attached hydrogen (secondary N) is 2. The Kier molecular flexibility index (Phi) is 11.0. The van der Waals surface area contributed by atoms with E-state index in [0.717, 1.165) is 0 Å². The van der Waals surface area contributed by atoms with Crippen molar-refractivity contribution in [3.63, 3.8) is 0 Å². The van der Waals surface area contributed by atoms with Gasteiger partial charge < -0.3 is 30.3 Å². The van der Waals surface area contributed by atoms with Gasteiger partial charge in [0.05, 0.1) is 36.5 Å². The van der Waals surface area contributed by atoms with Gasteiger partial charge in [-0.1, -0.05) is 54.4 Å². The van der Waals surface area contributed by atoms with E-state index in [1.54, 1.807) is 27.7 Å². The van der Waals surface area contributed by atoms with Crippen LogP contribution in [0, 0.1) is 10.8 Å². The molecule has 0 saturated heterocycles. The SMILES string of the molecule is CCC/C(NCC(C)N/C(CCC)=C1/C(=O)CC(C)(C)C(C(=O)OC)=C1O)=C1\C(=O)CC(C)(C)C(C(=O)OC)=C1O. The van der Waals surface area contributed by atoms with Gasteiger partial charge in [0.1, 0.15) is 11.5 Å². The topological polar surface area (TPSA) is 151 Å². The van der Waals surface area contributed by atoms with Gasteiger partial charge in [-0.25, -0.2) is 9.59 Å². The molecule has 0 aromatic rings. The number of ether oxygens (including phenoxy) is 2. The Morgan fingerprint density at radius 2 is 1.20 bits per heavy atom. The highest BCUT2D eigenvalue weighted by atomic mass is 16.5. The second-order valence-electron chi connectivity index (χ2n) is 12.0. The van der Waals surface area contributed by atoms with Crippen LogP contribution in [0.5, 0.6) is 0 Å². The van der Waals surface area contributed by atoms with Crippen LogP contribution in [0.25, 0.3) is 0 Å². The van der Waals surface area contributed by atoms with Crippen molar-refractivity contribution >= 4 is 23.5 Å². The molecule has 1 atom stereocenters. The lowest BCUT2D eigenvalue weighted by Gasteiger charge is -2.33. The van der Waals surface area contributed by atoms with Gasteiger partial charge >= 0.3 is 11.9 Å². The number of aliphatic hydroxyl groups is 2. The van der Waals surface area contributed by atoms with Gasteiger partial charge in [-0.05, 0) is 19.8 Å². The molecular weight excluding hydrogens is 528 g/mol. The molecule has 0 aliphatic heterocycles. The van der Waals surface area contributed by atoms with Crippen LogP contribution in [-0.4, -0.2) is 60.5 Å². The Balaban J connectivity index is 2.49. The van der Waals surface area contributed by atoms with E-state index in [2.05, 4.69) is 10.6 Å². The van der Waals surface area contributed by atoms with Crippen LogP contribution in [0.3, 0.4) is 0 Å². The molecule has 0 bridgehead atoms. The molecule has 0 heterocycles. The molecule has 4 N–H and O–H groups in total. The van der Waals surface area contributed by atoms with Gasteiger partial charge in [0.2, 0.25) is 0 Å². The number of Topliss-reactive ketones (excluding diaryl/α,β-unsaturated/α-hetero) is 2. The van der Waals surface area contributed by atoms with E-state index in [4.69, 9.17) is 9.47 Å². The molecule has 2 rings (SSSR count). The summed E-state index contributed by atoms with van der Waals surface area (Å²) >= 11 is 0. The minimum absolute atomic E-state index is 0.0394. The Morgan fingerprint density at radius 3 is 1.59 bits per heavy atom. The first-order chi connectivity index (χ1) is 19.1. The lowest BCUT2D eigenvalue weighted by molar-refractivity contribution is -0.139. The molecule has 0 aromatic heterocycles. The zero-order valence-corrected chi connectivity index (χ0v) is 25.9. The van der Waals surface area contributed by atoms with Crippen molar-refractivity contribution in [1.29, 1.82) is 0 Å². The summed E-state index contributed by atoms with van der Waals surface area (Å²) < 4.78 is 9.79. The molecule has 10 heteroatoms. The first-order valence-electron chi connectivity index (χ1n) is 14.2. The van der Waals surface area contributed by atoms with Gasteiger partial charge in [-0.15, -0.1) is 0 Å². The zero-order chi connectivity index (χ0) is 31.3. The Hall–Kier alpha value is -3.56. The van der Waals surface area contributed by atoms with E-state index in [1.165, 1.54) is 14.2 Å². The van der Waals surface area contributed by atoms with E-state index in [9.17, 15) is 29.4 Å². The summed E-state index contributed by atoms with van der Waals surface area (Å²) in [5, 5.41) is 28.8. The monoisotopic (exact) mass is 574 g/mol. The number of rotatable bonds is 11. The van der Waals surface area contributed by atoms with Gasteiger partial charge in [0.25, 0.3) is 0 Å². The third-order valence-electron chi connectivity index (χ3n) is 7.49. The molecule has 0 spiro atoms. The molecule has 0 fully saturated rings. The fourth-order valence-corrected chi connectivity index (χ4v) is 5.58. The van der Waals surface area contributed by atoms with Crippen molar-refractivity contribution in [2.45, 2.75) is 93.0 Å². The fraction of sp³-hybridized carbons (Fsp3) is 0.613. The number of aliphatic hydroxyl groups excluding tert-OH is 2. The van der Waals surface area contributed by atoms with E-state index in [0.29, 0.717) is 43.6 Å². The summed E-state index contributed by atoms with van der Waals surface area (Å²) in [6.45, 7) is 12.9. The third-order valence-corrected chi connectivity index (χ3v) is 7.49. The number of carbonyl (C=O) groups is 4. The van der Waals surface area contributed by atoms with Crippen LogP contribution in [0.4, 0.5) is 0 Å². The molecule has 0 aromatic carbocycles. The summed E-state index contributed by atoms with van der Waals surface area (Å²) in [5.74, 6) is -2.65. The maximum Gasteiger partial charge on any atom is 0.338 e. The summed E-state index contributed by atoms with van der Waals surface area (Å²) in [6, 6.07) is -0.296. The van der Waals surface area contributed by atoms with Crippen molar-refractivity contribution in [1.82, 2.24) is 10.6 Å². The number of hydrogen-bond donors (Lipinski definition) is 4. The minimum Gasteiger partial charge on any atom is -0.507 e. The van der Waals surface area contributed by atoms with Crippen LogP contribution in [0.1, 0.15) is 87.0 Å². The second kappa shape index (κ2) is 13.4. The average molecular weight is 575 g/mol. The summed E-state index contributed by atoms with van der Waals surface area (Å²) in [5.41, 5.74) is -0.457. The number of carbonyl (C=O) groups excluding carboxylic acids is 4. The summed E-state index contributed by atoms with van der Waals surface area (Å²) in [6.07, 6.45) is 2.34. The van der Waals surface area contributed by atoms with Crippen LogP contribution < -0.4 is 10.6 Å². The van der Waals surface area contributed by atoms with E-state index in [-0.39, 0.29) is 64.3 Å². The van der Waals surface area contributed by atoms with E-state index >= 15 is 0 Å². The Bertz CT molecular complexity index is 1220. The van der Waals surface area contributed by atoms with Gasteiger partial charge in [0.15, 0.2) is 11.6 Å². The minimum atomic E-state index is -0.886. The van der Waals surface area contributed by atoms with Crippen molar-refractivity contribution < 1.29 is 38.9 Å². The van der Waals surface area contributed by atoms with Crippen molar-refractivity contribution in [2.75, 3.05) is 20.8 Å². The van der Waals surface area contributed by atoms with E-state index < -0.39 is 22.8 Å². The molecule has 0 saturated carbocycles. The van der Waals surface area contributed by atoms with Crippen molar-refractivity contribution in [2.24, 2.45) is 10.8 Å². The zero-order valence-electron chi connectivity index (χ0n) is 25.9. The summed E-state index contributed by atoms with van der Waals surface area (Å²) in [4.78, 5) is 51.4. The average Bonchev–Trinajstić information content (AvgIpc) is 2.85. The van der Waals surface area contributed by atoms with Crippen molar-refractivity contribution in [3.05, 3.63) is 45.2 Å². The molecule has 10 nitrogen and oxygen atoms in total. The highest BCUT2D eigenvalue weighted by molar-refractivity contribution is 6.07. The van der Waals surface area contributed by atoms with Crippen LogP contribution in [0.2, 0.25) is 0 Å². The number of ketones is 2. The fourth-order valence-electron chi connectivity index (χ4n) is 5.58. The third kappa shape index (κ3) is 7.21. The highest BCUT2D eigenvalue weighted by Gasteiger charge is 2.44. The van der Waals surface area contributed by atoms with E-state index in [1.807, 2.05) is 20.8 Å². The maximum atomic E-state index is 13.2. The second-order valence-corrected chi connectivity index (χ2v) is 12.0. The molecular formula is C31H46N2O8. The lowest BCUT2D eigenvalue weighted by Crippen LogP contribution is -2.40. The largest absolute Gasteiger partial charge is 0.507 e. The highest BCUT2D eigenvalue weighted by Crippen LogP contribution is 2.43. The van der Waals surface area contributed by atoms with Gasteiger partial charge in [0, 0.05) is 47.7 Å². The predicted molar refractivity (Wildman–Crippen MR) is 155 cm³/mol. The number of allylic oxidation sites excluding steroid dienone is 4. The van der Waals surface area contributed by atoms with Crippen molar-refractivity contribution in [3.8, 4) is 0 Å². The first kappa shape index (κ1) is 33.6. The number of hydrogen-bond acceptors (Lipinski definition) is 10. The smallest absolute Gasteiger partial charge is 0.338 e. The normalized spacial score (nSPS) is 21.8. The van der Waals surface area contributed by atoms with Crippen LogP contribution in [0.15, 0.2) is 45.2 Å². The molecule has 2 aliphatic carbocycles. The predicted octanol–water partition coefficient (Wildman–Crippen LogP) is 4.63. The molecule has 2 aliphatic rings. The molecule has 0 amide bonds. The number of esters is 2. The maximum absolute atomic E-state index is 13.2. The number of methoxy groups -OCH3 is 2. The lowest BCUT2D eigenvalue weighted by atomic mass is 9.72. The Labute approximate surface area is 242 Å². The molecule has 228 valence electrons. The quantitative estimate of drug-likeness (QED) is 0.203. The molecule has 0 radical (unpaired) electrons. The van der Waals surface area contributed by atoms with Gasteiger partial charge in [-0.3, -0.25) is 9.59 Å². The Morgan fingerprint density at radius 1 is 0.805 bits per heavy atom. The molecule has 1 unspecified atom stereocenters. The van der Waals surface area contributed by atoms with Crippen LogP contribution >= 0.6 is 0 Å². The first-order valence-corrected chi connectivity index (χ1v) is 14.2.